The highest BCUT2D eigenvalue weighted by Gasteiger charge is 2.27. The van der Waals surface area contributed by atoms with Crippen LogP contribution in [-0.2, 0) is 10.0 Å². The third-order valence-electron chi connectivity index (χ3n) is 3.34. The van der Waals surface area contributed by atoms with Crippen molar-refractivity contribution >= 4 is 16.0 Å². The Morgan fingerprint density at radius 2 is 2.05 bits per heavy atom. The average molecular weight is 302 g/mol. The molecular weight excluding hydrogens is 276 g/mol. The Bertz CT molecular complexity index is 459. The molecule has 4 N–H and O–H groups in total. The van der Waals surface area contributed by atoms with Crippen molar-refractivity contribution in [2.45, 2.75) is 38.6 Å². The number of sulfonamides is 1. The molecule has 0 saturated heterocycles. The van der Waals surface area contributed by atoms with Gasteiger partial charge in [-0.1, -0.05) is 25.0 Å². The van der Waals surface area contributed by atoms with Gasteiger partial charge in [-0.3, -0.25) is 0 Å². The van der Waals surface area contributed by atoms with E-state index < -0.39 is 10.0 Å². The Balaban J connectivity index is 2.50. The fourth-order valence-corrected chi connectivity index (χ4v) is 3.25. The molecule has 1 aliphatic carbocycles. The summed E-state index contributed by atoms with van der Waals surface area (Å²) in [5, 5.41) is 3.08. The highest BCUT2D eigenvalue weighted by molar-refractivity contribution is 7.88. The Morgan fingerprint density at radius 1 is 1.40 bits per heavy atom. The molecule has 1 fully saturated rings. The van der Waals surface area contributed by atoms with E-state index >= 15 is 0 Å². The summed E-state index contributed by atoms with van der Waals surface area (Å²) in [4.78, 5) is 4.15. The zero-order valence-corrected chi connectivity index (χ0v) is 13.2. The van der Waals surface area contributed by atoms with Gasteiger partial charge in [-0.2, -0.15) is 0 Å². The number of guanidine groups is 1. The Morgan fingerprint density at radius 3 is 2.65 bits per heavy atom. The molecule has 0 aromatic heterocycles. The summed E-state index contributed by atoms with van der Waals surface area (Å²) < 4.78 is 25.5. The van der Waals surface area contributed by atoms with Crippen molar-refractivity contribution in [1.29, 1.82) is 0 Å². The molecule has 1 rings (SSSR count). The lowest BCUT2D eigenvalue weighted by molar-refractivity contribution is 0.289. The van der Waals surface area contributed by atoms with E-state index in [1.807, 2.05) is 6.92 Å². The van der Waals surface area contributed by atoms with Crippen LogP contribution in [-0.4, -0.2) is 39.8 Å². The van der Waals surface area contributed by atoms with Crippen LogP contribution >= 0.6 is 0 Å². The second kappa shape index (κ2) is 7.64. The van der Waals surface area contributed by atoms with Crippen LogP contribution in [0.5, 0.6) is 0 Å². The fraction of sp³-hybridized carbons (Fsp3) is 0.769. The van der Waals surface area contributed by atoms with Gasteiger partial charge in [-0.25, -0.2) is 18.1 Å². The molecule has 0 aliphatic heterocycles. The van der Waals surface area contributed by atoms with Crippen molar-refractivity contribution in [1.82, 2.24) is 10.0 Å². The summed E-state index contributed by atoms with van der Waals surface area (Å²) in [5.41, 5.74) is 6.72. The van der Waals surface area contributed by atoms with E-state index in [1.54, 1.807) is 0 Å². The number of hydrogen-bond acceptors (Lipinski definition) is 3. The smallest absolute Gasteiger partial charge is 0.208 e. The molecule has 0 amide bonds. The normalized spacial score (nSPS) is 24.4. The third kappa shape index (κ3) is 6.91. The highest BCUT2D eigenvalue weighted by atomic mass is 32.2. The first-order chi connectivity index (χ1) is 9.28. The van der Waals surface area contributed by atoms with Gasteiger partial charge < -0.3 is 11.1 Å². The molecule has 0 spiro atoms. The van der Waals surface area contributed by atoms with E-state index in [0.717, 1.165) is 31.3 Å². The second-order valence-electron chi connectivity index (χ2n) is 5.58. The molecule has 0 bridgehead atoms. The molecule has 7 heteroatoms. The first-order valence-electron chi connectivity index (χ1n) is 6.93. The Kier molecular flexibility index (Phi) is 6.48. The van der Waals surface area contributed by atoms with Gasteiger partial charge in [0.1, 0.15) is 0 Å². The minimum atomic E-state index is -3.17. The largest absolute Gasteiger partial charge is 0.370 e. The van der Waals surface area contributed by atoms with E-state index in [4.69, 9.17) is 5.73 Å². The molecule has 20 heavy (non-hydrogen) atoms. The second-order valence-corrected chi connectivity index (χ2v) is 7.36. The van der Waals surface area contributed by atoms with E-state index in [0.29, 0.717) is 19.0 Å². The summed E-state index contributed by atoms with van der Waals surface area (Å²) >= 11 is 0. The van der Waals surface area contributed by atoms with Gasteiger partial charge in [-0.15, -0.1) is 0 Å². The van der Waals surface area contributed by atoms with Gasteiger partial charge in [0, 0.05) is 12.6 Å². The zero-order chi connectivity index (χ0) is 15.2. The number of nitrogens with two attached hydrogens (primary N) is 1. The van der Waals surface area contributed by atoms with Gasteiger partial charge in [0.25, 0.3) is 0 Å². The monoisotopic (exact) mass is 302 g/mol. The van der Waals surface area contributed by atoms with Crippen LogP contribution in [0.1, 0.15) is 32.6 Å². The minimum Gasteiger partial charge on any atom is -0.370 e. The van der Waals surface area contributed by atoms with Crippen molar-refractivity contribution in [3.8, 4) is 0 Å². The molecule has 0 aromatic rings. The van der Waals surface area contributed by atoms with E-state index in [9.17, 15) is 8.42 Å². The SMILES string of the molecule is C=C(C)CN=C(N)NCC1CCCCC1NS(C)(=O)=O. The number of rotatable bonds is 6. The lowest BCUT2D eigenvalue weighted by Crippen LogP contribution is -2.47. The summed E-state index contributed by atoms with van der Waals surface area (Å²) in [6.45, 7) is 6.80. The molecule has 1 saturated carbocycles. The molecule has 1 aliphatic rings. The maximum absolute atomic E-state index is 11.4. The van der Waals surface area contributed by atoms with Gasteiger partial charge in [0.15, 0.2) is 5.96 Å². The van der Waals surface area contributed by atoms with Crippen LogP contribution in [0.25, 0.3) is 0 Å². The van der Waals surface area contributed by atoms with Crippen LogP contribution in [0, 0.1) is 5.92 Å². The van der Waals surface area contributed by atoms with Gasteiger partial charge in [-0.05, 0) is 25.7 Å². The van der Waals surface area contributed by atoms with Crippen LogP contribution < -0.4 is 15.8 Å². The number of nitrogens with zero attached hydrogens (tertiary/aromatic N) is 1. The number of aliphatic imine (C=N–C) groups is 1. The first kappa shape index (κ1) is 17.0. The third-order valence-corrected chi connectivity index (χ3v) is 4.07. The number of nitrogens with one attached hydrogen (secondary N) is 2. The molecule has 2 atom stereocenters. The summed E-state index contributed by atoms with van der Waals surface area (Å²) in [6, 6.07) is -0.0137. The van der Waals surface area contributed by atoms with Gasteiger partial charge in [0.05, 0.1) is 12.8 Å². The van der Waals surface area contributed by atoms with Crippen molar-refractivity contribution in [2.75, 3.05) is 19.3 Å². The maximum atomic E-state index is 11.4. The molecule has 6 nitrogen and oxygen atoms in total. The molecule has 0 aromatic carbocycles. The fourth-order valence-electron chi connectivity index (χ4n) is 2.39. The van der Waals surface area contributed by atoms with Crippen molar-refractivity contribution in [3.63, 3.8) is 0 Å². The summed E-state index contributed by atoms with van der Waals surface area (Å²) in [5.74, 6) is 0.633. The average Bonchev–Trinajstić information content (AvgIpc) is 2.33. The lowest BCUT2D eigenvalue weighted by Gasteiger charge is -2.31. The van der Waals surface area contributed by atoms with Crippen molar-refractivity contribution in [3.05, 3.63) is 12.2 Å². The standard InChI is InChI=1S/C13H26N4O2S/c1-10(2)8-15-13(14)16-9-11-6-4-5-7-12(11)17-20(3,18)19/h11-12,17H,1,4-9H2,2-3H3,(H3,14,15,16). The van der Waals surface area contributed by atoms with E-state index in [1.165, 1.54) is 6.26 Å². The Hall–Kier alpha value is -1.08. The molecule has 0 heterocycles. The molecule has 116 valence electrons. The molecule has 0 radical (unpaired) electrons. The maximum Gasteiger partial charge on any atom is 0.208 e. The molecule has 2 unspecified atom stereocenters. The summed E-state index contributed by atoms with van der Waals surface area (Å²) in [6.07, 6.45) is 5.25. The van der Waals surface area contributed by atoms with Crippen LogP contribution in [0.4, 0.5) is 0 Å². The van der Waals surface area contributed by atoms with E-state index in [2.05, 4.69) is 21.6 Å². The van der Waals surface area contributed by atoms with E-state index in [-0.39, 0.29) is 12.0 Å². The minimum absolute atomic E-state index is 0.0137. The predicted octanol–water partition coefficient (Wildman–Crippen LogP) is 0.575. The topological polar surface area (TPSA) is 96.6 Å². The van der Waals surface area contributed by atoms with Gasteiger partial charge in [0.2, 0.25) is 10.0 Å². The van der Waals surface area contributed by atoms with Crippen molar-refractivity contribution in [2.24, 2.45) is 16.6 Å². The first-order valence-corrected chi connectivity index (χ1v) is 8.82. The predicted molar refractivity (Wildman–Crippen MR) is 83.0 cm³/mol. The number of hydrogen-bond donors (Lipinski definition) is 3. The van der Waals surface area contributed by atoms with Gasteiger partial charge >= 0.3 is 0 Å². The summed E-state index contributed by atoms with van der Waals surface area (Å²) in [7, 11) is -3.17. The lowest BCUT2D eigenvalue weighted by atomic mass is 9.85. The zero-order valence-electron chi connectivity index (χ0n) is 12.4. The van der Waals surface area contributed by atoms with Crippen molar-refractivity contribution < 1.29 is 8.42 Å². The van der Waals surface area contributed by atoms with Crippen LogP contribution in [0.3, 0.4) is 0 Å². The highest BCUT2D eigenvalue weighted by Crippen LogP contribution is 2.24. The van der Waals surface area contributed by atoms with Crippen LogP contribution in [0.2, 0.25) is 0 Å². The van der Waals surface area contributed by atoms with Crippen LogP contribution in [0.15, 0.2) is 17.1 Å². The Labute approximate surface area is 122 Å². The molecular formula is C13H26N4O2S. The quantitative estimate of drug-likeness (QED) is 0.380.